The number of guanidine groups is 1. The van der Waals surface area contributed by atoms with Gasteiger partial charge in [0.05, 0.1) is 23.5 Å². The Bertz CT molecular complexity index is 1010. The van der Waals surface area contributed by atoms with Crippen LogP contribution in [-0.4, -0.2) is 81.3 Å². The van der Waals surface area contributed by atoms with E-state index < -0.39 is 0 Å². The summed E-state index contributed by atoms with van der Waals surface area (Å²) in [5.74, 6) is 0.732. The molecule has 0 spiro atoms. The summed E-state index contributed by atoms with van der Waals surface area (Å²) in [6, 6.07) is 4.81. The molecule has 5 rings (SSSR count). The number of nitrogens with zero attached hydrogens (tertiary/aromatic N) is 5. The molecule has 0 unspecified atom stereocenters. The molecule has 2 saturated heterocycles. The van der Waals surface area contributed by atoms with Gasteiger partial charge in [0.2, 0.25) is 11.9 Å². The maximum absolute atomic E-state index is 11.6. The van der Waals surface area contributed by atoms with Crippen LogP contribution in [0.3, 0.4) is 0 Å². The Labute approximate surface area is 194 Å². The second kappa shape index (κ2) is 9.40. The fourth-order valence-corrected chi connectivity index (χ4v) is 5.55. The molecule has 9 heteroatoms. The number of rotatable bonds is 5. The number of aliphatic hydroxyl groups is 1. The molecule has 1 amide bonds. The highest BCUT2D eigenvalue weighted by Gasteiger charge is 2.28. The monoisotopic (exact) mass is 453 g/mol. The van der Waals surface area contributed by atoms with Gasteiger partial charge in [-0.05, 0) is 56.2 Å². The minimum atomic E-state index is -0.109. The summed E-state index contributed by atoms with van der Waals surface area (Å²) in [6.07, 6.45) is 8.28. The molecule has 0 radical (unpaired) electrons. The summed E-state index contributed by atoms with van der Waals surface area (Å²) in [5.41, 5.74) is 3.05. The van der Waals surface area contributed by atoms with Crippen molar-refractivity contribution >= 4 is 23.1 Å². The third-order valence-electron chi connectivity index (χ3n) is 7.51. The third-order valence-corrected chi connectivity index (χ3v) is 7.51. The Kier molecular flexibility index (Phi) is 6.36. The van der Waals surface area contributed by atoms with Crippen LogP contribution in [0.4, 0.5) is 5.69 Å². The number of carbonyl (C=O) groups excluding carboxylic acids is 1. The molecule has 2 aromatic rings. The van der Waals surface area contributed by atoms with E-state index in [1.54, 1.807) is 6.20 Å². The van der Waals surface area contributed by atoms with Gasteiger partial charge in [0.25, 0.3) is 0 Å². The Morgan fingerprint density at radius 1 is 1.21 bits per heavy atom. The number of anilines is 1. The fraction of sp³-hybridized carbons (Fsp3) is 0.625. The van der Waals surface area contributed by atoms with Gasteiger partial charge >= 0.3 is 0 Å². The molecule has 4 heterocycles. The van der Waals surface area contributed by atoms with E-state index in [0.717, 1.165) is 75.5 Å². The molecule has 178 valence electrons. The maximum atomic E-state index is 11.6. The molecule has 3 N–H and O–H groups in total. The first-order valence-electron chi connectivity index (χ1n) is 12.2. The second-order valence-corrected chi connectivity index (χ2v) is 9.95. The van der Waals surface area contributed by atoms with Gasteiger partial charge < -0.3 is 10.0 Å². The highest BCUT2D eigenvalue weighted by Crippen LogP contribution is 2.27. The van der Waals surface area contributed by atoms with Crippen LogP contribution in [0.5, 0.6) is 0 Å². The van der Waals surface area contributed by atoms with E-state index in [-0.39, 0.29) is 18.0 Å². The minimum Gasteiger partial charge on any atom is -0.393 e. The fourth-order valence-electron chi connectivity index (χ4n) is 5.55. The number of fused-ring (bicyclic) bond motifs is 1. The number of aromatic nitrogens is 2. The third kappa shape index (κ3) is 4.90. The topological polar surface area (TPSA) is 100 Å². The summed E-state index contributed by atoms with van der Waals surface area (Å²) >= 11 is 0. The van der Waals surface area contributed by atoms with Gasteiger partial charge in [-0.3, -0.25) is 25.3 Å². The van der Waals surface area contributed by atoms with Gasteiger partial charge in [-0.1, -0.05) is 0 Å². The molecule has 0 aromatic carbocycles. The molecule has 33 heavy (non-hydrogen) atoms. The lowest BCUT2D eigenvalue weighted by molar-refractivity contribution is -0.119. The lowest BCUT2D eigenvalue weighted by atomic mass is 9.87. The molecular weight excluding hydrogens is 418 g/mol. The van der Waals surface area contributed by atoms with Crippen LogP contribution in [0.1, 0.15) is 44.6 Å². The van der Waals surface area contributed by atoms with E-state index in [9.17, 15) is 9.90 Å². The first kappa shape index (κ1) is 22.3. The van der Waals surface area contributed by atoms with Gasteiger partial charge in [0.15, 0.2) is 0 Å². The Morgan fingerprint density at radius 3 is 2.79 bits per heavy atom. The van der Waals surface area contributed by atoms with E-state index >= 15 is 0 Å². The number of aliphatic hydroxyl groups excluding tert-OH is 1. The van der Waals surface area contributed by atoms with Crippen LogP contribution in [0, 0.1) is 11.3 Å². The summed E-state index contributed by atoms with van der Waals surface area (Å²) in [7, 11) is 0. The van der Waals surface area contributed by atoms with E-state index in [2.05, 4.69) is 39.3 Å². The van der Waals surface area contributed by atoms with Crippen molar-refractivity contribution < 1.29 is 9.90 Å². The summed E-state index contributed by atoms with van der Waals surface area (Å²) in [4.78, 5) is 18.6. The van der Waals surface area contributed by atoms with Crippen LogP contribution >= 0.6 is 0 Å². The van der Waals surface area contributed by atoms with E-state index in [0.29, 0.717) is 19.0 Å². The molecule has 1 atom stereocenters. The molecular formula is C24H35N7O2. The molecule has 3 fully saturated rings. The highest BCUT2D eigenvalue weighted by atomic mass is 16.3. The lowest BCUT2D eigenvalue weighted by Gasteiger charge is -2.42. The minimum absolute atomic E-state index is 0.0802. The van der Waals surface area contributed by atoms with Crippen molar-refractivity contribution in [3.8, 4) is 0 Å². The number of amides is 1. The molecule has 1 aliphatic carbocycles. The number of piperazine rings is 1. The molecule has 0 bridgehead atoms. The number of pyridine rings is 1. The number of nitrogens with one attached hydrogen (secondary N) is 2. The van der Waals surface area contributed by atoms with Gasteiger partial charge in [-0.25, -0.2) is 4.52 Å². The predicted molar refractivity (Wildman–Crippen MR) is 127 cm³/mol. The Balaban J connectivity index is 1.22. The standard InChI is InChI=1S/C24H35N7O2/c1-17-14-28(10-11-29(17)16-18-2-4-20(32)5-3-18)15-19-6-9-31-21(12-19)22(13-26-31)30-8-7-23(33)27-24(30)25/h6,9,12-13,17-18,20,32H,2-5,7-8,10-11,14-16H2,1H3,(H2,25,27,33)/t17-,18?,20?/m0/s1. The quantitative estimate of drug-likeness (QED) is 0.637. The summed E-state index contributed by atoms with van der Waals surface area (Å²) in [6.45, 7) is 8.07. The SMILES string of the molecule is C[C@H]1CN(Cc2ccn3ncc(N4CCC(=O)NC4=N)c3c2)CCN1CC1CCC(O)CC1. The van der Waals surface area contributed by atoms with Gasteiger partial charge in [-0.15, -0.1) is 0 Å². The van der Waals surface area contributed by atoms with Crippen LogP contribution in [0.2, 0.25) is 0 Å². The van der Waals surface area contributed by atoms with Crippen molar-refractivity contribution in [2.24, 2.45) is 5.92 Å². The lowest BCUT2D eigenvalue weighted by Crippen LogP contribution is -2.52. The number of carbonyl (C=O) groups is 1. The Hall–Kier alpha value is -2.49. The Morgan fingerprint density at radius 2 is 2.03 bits per heavy atom. The highest BCUT2D eigenvalue weighted by molar-refractivity contribution is 6.08. The largest absolute Gasteiger partial charge is 0.393 e. The first-order chi connectivity index (χ1) is 16.0. The van der Waals surface area contributed by atoms with Crippen molar-refractivity contribution in [2.75, 3.05) is 37.6 Å². The van der Waals surface area contributed by atoms with Crippen LogP contribution in [-0.2, 0) is 11.3 Å². The summed E-state index contributed by atoms with van der Waals surface area (Å²) in [5, 5.41) is 25.0. The molecule has 2 aromatic heterocycles. The first-order valence-corrected chi connectivity index (χ1v) is 12.2. The van der Waals surface area contributed by atoms with Crippen molar-refractivity contribution in [1.82, 2.24) is 24.7 Å². The molecule has 2 aliphatic heterocycles. The van der Waals surface area contributed by atoms with Crippen LogP contribution in [0.15, 0.2) is 24.5 Å². The van der Waals surface area contributed by atoms with Crippen LogP contribution < -0.4 is 10.2 Å². The average molecular weight is 454 g/mol. The molecule has 3 aliphatic rings. The van der Waals surface area contributed by atoms with E-state index in [4.69, 9.17) is 5.41 Å². The zero-order chi connectivity index (χ0) is 22.9. The van der Waals surface area contributed by atoms with Crippen molar-refractivity contribution in [3.05, 3.63) is 30.1 Å². The number of hydrogen-bond donors (Lipinski definition) is 3. The van der Waals surface area contributed by atoms with Gasteiger partial charge in [0, 0.05) is 57.9 Å². The molecule has 9 nitrogen and oxygen atoms in total. The van der Waals surface area contributed by atoms with E-state index in [1.165, 1.54) is 5.56 Å². The molecule has 1 saturated carbocycles. The normalized spacial score (nSPS) is 27.8. The van der Waals surface area contributed by atoms with Crippen molar-refractivity contribution in [3.63, 3.8) is 0 Å². The summed E-state index contributed by atoms with van der Waals surface area (Å²) < 4.78 is 1.84. The van der Waals surface area contributed by atoms with Gasteiger partial charge in [0.1, 0.15) is 0 Å². The average Bonchev–Trinajstić information content (AvgIpc) is 3.20. The van der Waals surface area contributed by atoms with E-state index in [1.807, 2.05) is 15.6 Å². The smallest absolute Gasteiger partial charge is 0.228 e. The predicted octanol–water partition coefficient (Wildman–Crippen LogP) is 1.65. The van der Waals surface area contributed by atoms with Crippen LogP contribution in [0.25, 0.3) is 5.52 Å². The van der Waals surface area contributed by atoms with Crippen molar-refractivity contribution in [2.45, 2.75) is 57.7 Å². The maximum Gasteiger partial charge on any atom is 0.228 e. The zero-order valence-electron chi connectivity index (χ0n) is 19.4. The van der Waals surface area contributed by atoms with Gasteiger partial charge in [-0.2, -0.15) is 5.10 Å². The number of hydrogen-bond acceptors (Lipinski definition) is 6. The van der Waals surface area contributed by atoms with Crippen molar-refractivity contribution in [1.29, 1.82) is 5.41 Å². The zero-order valence-corrected chi connectivity index (χ0v) is 19.4. The second-order valence-electron chi connectivity index (χ2n) is 9.95.